The molecule has 0 unspecified atom stereocenters. The van der Waals surface area contributed by atoms with Gasteiger partial charge in [-0.1, -0.05) is 20.3 Å². The van der Waals surface area contributed by atoms with Gasteiger partial charge in [-0.05, 0) is 19.8 Å². The van der Waals surface area contributed by atoms with Crippen molar-refractivity contribution in [3.63, 3.8) is 0 Å². The molecule has 3 nitrogen and oxygen atoms in total. The first kappa shape index (κ1) is 13.1. The van der Waals surface area contributed by atoms with Gasteiger partial charge in [-0.2, -0.15) is 0 Å². The SMILES string of the molecule is CCCCN(CCC)C(=O)CC(C)=O. The Morgan fingerprint density at radius 1 is 1.07 bits per heavy atom. The lowest BCUT2D eigenvalue weighted by atomic mass is 10.2. The summed E-state index contributed by atoms with van der Waals surface area (Å²) in [7, 11) is 0. The van der Waals surface area contributed by atoms with Crippen LogP contribution in [0.4, 0.5) is 0 Å². The first-order valence-electron chi connectivity index (χ1n) is 5.39. The molecule has 0 atom stereocenters. The lowest BCUT2D eigenvalue weighted by Gasteiger charge is -2.21. The quantitative estimate of drug-likeness (QED) is 0.588. The minimum absolute atomic E-state index is 0.0206. The predicted molar refractivity (Wildman–Crippen MR) is 57.1 cm³/mol. The minimum atomic E-state index is -0.0485. The van der Waals surface area contributed by atoms with Crippen LogP contribution in [0.15, 0.2) is 0 Å². The number of ketones is 1. The first-order valence-corrected chi connectivity index (χ1v) is 5.39. The summed E-state index contributed by atoms with van der Waals surface area (Å²) in [5.74, 6) is -0.0691. The molecule has 0 aromatic carbocycles. The van der Waals surface area contributed by atoms with E-state index in [1.54, 1.807) is 4.90 Å². The summed E-state index contributed by atoms with van der Waals surface area (Å²) in [6.45, 7) is 7.16. The fraction of sp³-hybridized carbons (Fsp3) is 0.818. The van der Waals surface area contributed by atoms with Crippen molar-refractivity contribution in [1.29, 1.82) is 0 Å². The summed E-state index contributed by atoms with van der Waals surface area (Å²) in [6, 6.07) is 0. The Hall–Kier alpha value is -0.860. The molecule has 0 saturated carbocycles. The van der Waals surface area contributed by atoms with Gasteiger partial charge in [0, 0.05) is 13.1 Å². The number of rotatable bonds is 7. The summed E-state index contributed by atoms with van der Waals surface area (Å²) in [5, 5.41) is 0. The van der Waals surface area contributed by atoms with Crippen molar-refractivity contribution in [3.05, 3.63) is 0 Å². The lowest BCUT2D eigenvalue weighted by molar-refractivity contribution is -0.134. The van der Waals surface area contributed by atoms with Gasteiger partial charge in [-0.25, -0.2) is 0 Å². The Morgan fingerprint density at radius 3 is 2.14 bits per heavy atom. The monoisotopic (exact) mass is 199 g/mol. The third kappa shape index (κ3) is 5.73. The molecule has 0 aromatic rings. The van der Waals surface area contributed by atoms with Crippen LogP contribution in [0, 0.1) is 0 Å². The number of amides is 1. The second-order valence-electron chi connectivity index (χ2n) is 3.61. The first-order chi connectivity index (χ1) is 6.61. The number of carbonyl (C=O) groups is 2. The third-order valence-corrected chi connectivity index (χ3v) is 2.03. The Kier molecular flexibility index (Phi) is 7.07. The molecular formula is C11H21NO2. The molecule has 0 aliphatic rings. The number of unbranched alkanes of at least 4 members (excludes halogenated alkanes) is 1. The molecule has 0 fully saturated rings. The maximum Gasteiger partial charge on any atom is 0.230 e. The van der Waals surface area contributed by atoms with E-state index < -0.39 is 0 Å². The standard InChI is InChI=1S/C11H21NO2/c1-4-6-8-12(7-5-2)11(14)9-10(3)13/h4-9H2,1-3H3. The Morgan fingerprint density at radius 2 is 1.71 bits per heavy atom. The van der Waals surface area contributed by atoms with Crippen LogP contribution in [0.5, 0.6) is 0 Å². The minimum Gasteiger partial charge on any atom is -0.342 e. The molecule has 14 heavy (non-hydrogen) atoms. The van der Waals surface area contributed by atoms with Crippen molar-refractivity contribution in [2.45, 2.75) is 46.5 Å². The Bertz CT molecular complexity index is 190. The molecule has 0 bridgehead atoms. The second kappa shape index (κ2) is 7.54. The van der Waals surface area contributed by atoms with Crippen molar-refractivity contribution in [2.24, 2.45) is 0 Å². The maximum atomic E-state index is 11.6. The van der Waals surface area contributed by atoms with E-state index in [-0.39, 0.29) is 18.1 Å². The number of hydrogen-bond donors (Lipinski definition) is 0. The van der Waals surface area contributed by atoms with Gasteiger partial charge in [0.2, 0.25) is 5.91 Å². The molecule has 0 aliphatic carbocycles. The molecule has 0 heterocycles. The fourth-order valence-electron chi connectivity index (χ4n) is 1.30. The van der Waals surface area contributed by atoms with E-state index in [9.17, 15) is 9.59 Å². The highest BCUT2D eigenvalue weighted by atomic mass is 16.2. The summed E-state index contributed by atoms with van der Waals surface area (Å²) in [6.07, 6.45) is 3.11. The van der Waals surface area contributed by atoms with Gasteiger partial charge in [0.1, 0.15) is 5.78 Å². The summed E-state index contributed by atoms with van der Waals surface area (Å²) in [4.78, 5) is 24.1. The van der Waals surface area contributed by atoms with Crippen LogP contribution in [0.3, 0.4) is 0 Å². The van der Waals surface area contributed by atoms with Gasteiger partial charge in [0.25, 0.3) is 0 Å². The number of nitrogens with zero attached hydrogens (tertiary/aromatic N) is 1. The van der Waals surface area contributed by atoms with Crippen LogP contribution in [0.25, 0.3) is 0 Å². The summed E-state index contributed by atoms with van der Waals surface area (Å²) >= 11 is 0. The normalized spacial score (nSPS) is 9.93. The largest absolute Gasteiger partial charge is 0.342 e. The zero-order chi connectivity index (χ0) is 11.0. The third-order valence-electron chi connectivity index (χ3n) is 2.03. The van der Waals surface area contributed by atoms with E-state index in [1.165, 1.54) is 6.92 Å². The molecule has 0 spiro atoms. The Labute approximate surface area is 86.5 Å². The van der Waals surface area contributed by atoms with Gasteiger partial charge in [-0.3, -0.25) is 9.59 Å². The lowest BCUT2D eigenvalue weighted by Crippen LogP contribution is -2.33. The summed E-state index contributed by atoms with van der Waals surface area (Å²) < 4.78 is 0. The molecule has 3 heteroatoms. The van der Waals surface area contributed by atoms with Gasteiger partial charge in [0.05, 0.1) is 6.42 Å². The van der Waals surface area contributed by atoms with Gasteiger partial charge in [-0.15, -0.1) is 0 Å². The van der Waals surface area contributed by atoms with Gasteiger partial charge in [0.15, 0.2) is 0 Å². The summed E-state index contributed by atoms with van der Waals surface area (Å²) in [5.41, 5.74) is 0. The molecular weight excluding hydrogens is 178 g/mol. The van der Waals surface area contributed by atoms with Gasteiger partial charge >= 0.3 is 0 Å². The topological polar surface area (TPSA) is 37.4 Å². The number of carbonyl (C=O) groups excluding carboxylic acids is 2. The van der Waals surface area contributed by atoms with Crippen molar-refractivity contribution in [1.82, 2.24) is 4.90 Å². The Balaban J connectivity index is 4.03. The molecule has 0 radical (unpaired) electrons. The fourth-order valence-corrected chi connectivity index (χ4v) is 1.30. The van der Waals surface area contributed by atoms with Gasteiger partial charge < -0.3 is 4.90 Å². The van der Waals surface area contributed by atoms with E-state index in [0.29, 0.717) is 0 Å². The van der Waals surface area contributed by atoms with Crippen molar-refractivity contribution in [3.8, 4) is 0 Å². The van der Waals surface area contributed by atoms with Crippen LogP contribution >= 0.6 is 0 Å². The van der Waals surface area contributed by atoms with Crippen molar-refractivity contribution < 1.29 is 9.59 Å². The van der Waals surface area contributed by atoms with Crippen LogP contribution < -0.4 is 0 Å². The highest BCUT2D eigenvalue weighted by Gasteiger charge is 2.13. The average Bonchev–Trinajstić information content (AvgIpc) is 2.10. The molecule has 0 aromatic heterocycles. The maximum absolute atomic E-state index is 11.6. The zero-order valence-electron chi connectivity index (χ0n) is 9.51. The number of Topliss-reactive ketones (excluding diaryl/α,β-unsaturated/α-hetero) is 1. The second-order valence-corrected chi connectivity index (χ2v) is 3.61. The molecule has 0 rings (SSSR count). The average molecular weight is 199 g/mol. The molecule has 0 N–H and O–H groups in total. The van der Waals surface area contributed by atoms with Crippen LogP contribution in [-0.4, -0.2) is 29.7 Å². The number of hydrogen-bond acceptors (Lipinski definition) is 2. The van der Waals surface area contributed by atoms with E-state index >= 15 is 0 Å². The molecule has 82 valence electrons. The highest BCUT2D eigenvalue weighted by molar-refractivity contribution is 5.96. The molecule has 0 saturated heterocycles. The van der Waals surface area contributed by atoms with E-state index in [4.69, 9.17) is 0 Å². The zero-order valence-corrected chi connectivity index (χ0v) is 9.51. The molecule has 1 amide bonds. The van der Waals surface area contributed by atoms with Crippen LogP contribution in [0.1, 0.15) is 46.5 Å². The highest BCUT2D eigenvalue weighted by Crippen LogP contribution is 2.00. The van der Waals surface area contributed by atoms with E-state index in [2.05, 4.69) is 6.92 Å². The van der Waals surface area contributed by atoms with Crippen molar-refractivity contribution in [2.75, 3.05) is 13.1 Å². The molecule has 0 aliphatic heterocycles. The predicted octanol–water partition coefficient (Wildman–Crippen LogP) is 2.00. The van der Waals surface area contributed by atoms with Crippen molar-refractivity contribution >= 4 is 11.7 Å². The van der Waals surface area contributed by atoms with Crippen LogP contribution in [-0.2, 0) is 9.59 Å². The van der Waals surface area contributed by atoms with E-state index in [0.717, 1.165) is 32.4 Å². The van der Waals surface area contributed by atoms with E-state index in [1.807, 2.05) is 6.92 Å². The smallest absolute Gasteiger partial charge is 0.230 e. The van der Waals surface area contributed by atoms with Crippen LogP contribution in [0.2, 0.25) is 0 Å².